The molecule has 1 aliphatic heterocycles. The summed E-state index contributed by atoms with van der Waals surface area (Å²) in [5.41, 5.74) is 6.18. The van der Waals surface area contributed by atoms with E-state index in [1.54, 1.807) is 7.11 Å². The summed E-state index contributed by atoms with van der Waals surface area (Å²) in [5, 5.41) is 3.04. The van der Waals surface area contributed by atoms with Crippen LogP contribution in [0.15, 0.2) is 37.5 Å². The first-order valence-corrected chi connectivity index (χ1v) is 25.0. The maximum atomic E-state index is 14.1. The fraction of sp³-hybridized carbons (Fsp3) is 0.841. The number of allylic oxidation sites excluding steroid dienone is 2. The van der Waals surface area contributed by atoms with Crippen LogP contribution in [0.4, 0.5) is 0 Å². The molecule has 0 aromatic carbocycles. The van der Waals surface area contributed by atoms with Gasteiger partial charge in [-0.3, -0.25) is 18.4 Å². The van der Waals surface area contributed by atoms with Gasteiger partial charge in [0, 0.05) is 27.2 Å². The standard InChI is InChI=1S/C44H80Cl3N2O10P/c1-7-11-13-15-16-17-18-19-20-21-22-23-24-26-28-30-38(50)49-39-41(54-34-31-36(53-6)29-27-25-14-12-8-2)40(59-60(51,55-32-9-3)56-33-10-4)37(35-52-5)57-42(39)58-43(48)44(45,46)47/h9-10,17-18,36-37,39-43H,3-4,7-8,11-16,19-35,48H2,1-2,5-6H3,(H,49,50)/b18-17-/t36-,37-,39-,40+,41-,42+,43?/m1/s1. The highest BCUT2D eigenvalue weighted by Gasteiger charge is 2.53. The third kappa shape index (κ3) is 26.3. The van der Waals surface area contributed by atoms with E-state index >= 15 is 0 Å². The molecule has 1 unspecified atom stereocenters. The Hall–Kier alpha value is -0.570. The first kappa shape index (κ1) is 57.4. The third-order valence-corrected chi connectivity index (χ3v) is 12.3. The topological polar surface area (TPSA) is 146 Å². The SMILES string of the molecule is C=CCOP(=O)(OCC=C)O[C@@H]1[C@H](OCC[C@@H](CCCCCCC)OC)[C@@H](NC(=O)CCCCCCCCC/C=C\CCCCCC)[C@H](OC(N)C(Cl)(Cl)Cl)O[C@@H]1COC. The maximum Gasteiger partial charge on any atom is 0.475 e. The summed E-state index contributed by atoms with van der Waals surface area (Å²) >= 11 is 18.4. The van der Waals surface area contributed by atoms with Crippen LogP contribution in [-0.4, -0.2) is 93.3 Å². The lowest BCUT2D eigenvalue weighted by atomic mass is 9.96. The van der Waals surface area contributed by atoms with Gasteiger partial charge in [-0.25, -0.2) is 4.57 Å². The molecule has 352 valence electrons. The number of nitrogens with one attached hydrogen (secondary N) is 1. The number of phosphoric ester groups is 1. The summed E-state index contributed by atoms with van der Waals surface area (Å²) in [4.78, 5) is 13.7. The summed E-state index contributed by atoms with van der Waals surface area (Å²) in [7, 11) is -1.17. The van der Waals surface area contributed by atoms with Crippen LogP contribution in [0.25, 0.3) is 0 Å². The van der Waals surface area contributed by atoms with Gasteiger partial charge in [0.25, 0.3) is 0 Å². The van der Waals surface area contributed by atoms with Crippen LogP contribution in [0.1, 0.15) is 149 Å². The molecule has 60 heavy (non-hydrogen) atoms. The normalized spacial score (nSPS) is 21.0. The van der Waals surface area contributed by atoms with E-state index in [0.29, 0.717) is 12.8 Å². The van der Waals surface area contributed by atoms with Gasteiger partial charge in [0.2, 0.25) is 9.70 Å². The van der Waals surface area contributed by atoms with Crippen molar-refractivity contribution in [3.05, 3.63) is 37.5 Å². The Bertz CT molecular complexity index is 1170. The molecule has 0 aromatic heterocycles. The summed E-state index contributed by atoms with van der Waals surface area (Å²) in [5.74, 6) is -0.283. The fourth-order valence-electron chi connectivity index (χ4n) is 6.86. The molecule has 0 bridgehead atoms. The average molecular weight is 934 g/mol. The summed E-state index contributed by atoms with van der Waals surface area (Å²) < 4.78 is 59.6. The number of hydrogen-bond acceptors (Lipinski definition) is 11. The van der Waals surface area contributed by atoms with Crippen LogP contribution in [0, 0.1) is 0 Å². The Labute approximate surface area is 378 Å². The lowest BCUT2D eigenvalue weighted by molar-refractivity contribution is -0.286. The number of amides is 1. The van der Waals surface area contributed by atoms with Crippen LogP contribution < -0.4 is 11.1 Å². The smallest absolute Gasteiger partial charge is 0.382 e. The maximum absolute atomic E-state index is 14.1. The molecular formula is C44H80Cl3N2O10P. The van der Waals surface area contributed by atoms with E-state index in [0.717, 1.165) is 51.4 Å². The molecule has 0 saturated carbocycles. The number of ether oxygens (including phenoxy) is 5. The molecule has 1 aliphatic rings. The minimum Gasteiger partial charge on any atom is -0.382 e. The van der Waals surface area contributed by atoms with Gasteiger partial charge in [-0.1, -0.05) is 156 Å². The lowest BCUT2D eigenvalue weighted by Gasteiger charge is -2.47. The van der Waals surface area contributed by atoms with Crippen LogP contribution in [0.5, 0.6) is 0 Å². The van der Waals surface area contributed by atoms with Gasteiger partial charge < -0.3 is 34.7 Å². The third-order valence-electron chi connectivity index (χ3n) is 10.2. The fourth-order valence-corrected chi connectivity index (χ4v) is 8.34. The van der Waals surface area contributed by atoms with Crippen LogP contribution in [0.3, 0.4) is 0 Å². The highest BCUT2D eigenvalue weighted by atomic mass is 35.6. The van der Waals surface area contributed by atoms with E-state index in [-0.39, 0.29) is 44.9 Å². The van der Waals surface area contributed by atoms with Gasteiger partial charge in [0.15, 0.2) is 12.5 Å². The summed E-state index contributed by atoms with van der Waals surface area (Å²) in [6, 6.07) is -1.08. The Morgan fingerprint density at radius 3 is 1.92 bits per heavy atom. The number of rotatable bonds is 39. The number of unbranched alkanes of at least 4 members (excludes halogenated alkanes) is 15. The number of alkyl halides is 3. The van der Waals surface area contributed by atoms with Gasteiger partial charge in [-0.2, -0.15) is 0 Å². The zero-order valence-electron chi connectivity index (χ0n) is 37.2. The monoisotopic (exact) mass is 932 g/mol. The first-order valence-electron chi connectivity index (χ1n) is 22.4. The number of phosphoric acid groups is 1. The minimum absolute atomic E-state index is 0.0781. The molecule has 0 radical (unpaired) electrons. The number of nitrogens with two attached hydrogens (primary N) is 1. The Morgan fingerprint density at radius 1 is 0.817 bits per heavy atom. The van der Waals surface area contributed by atoms with Crippen molar-refractivity contribution < 1.29 is 46.6 Å². The summed E-state index contributed by atoms with van der Waals surface area (Å²) in [6.07, 6.45) is 23.4. The highest BCUT2D eigenvalue weighted by molar-refractivity contribution is 7.48. The number of halogens is 3. The van der Waals surface area contributed by atoms with Gasteiger partial charge >= 0.3 is 7.82 Å². The number of carbonyl (C=O) groups excluding carboxylic acids is 1. The van der Waals surface area contributed by atoms with E-state index in [1.165, 1.54) is 83.5 Å². The quantitative estimate of drug-likeness (QED) is 0.0200. The molecule has 1 rings (SSSR count). The second-order valence-corrected chi connectivity index (χ2v) is 19.4. The van der Waals surface area contributed by atoms with E-state index in [2.05, 4.69) is 44.5 Å². The average Bonchev–Trinajstić information content (AvgIpc) is 3.21. The summed E-state index contributed by atoms with van der Waals surface area (Å²) in [6.45, 7) is 11.5. The Balaban J connectivity index is 3.19. The van der Waals surface area contributed by atoms with Crippen molar-refractivity contribution >= 4 is 48.5 Å². The zero-order valence-corrected chi connectivity index (χ0v) is 40.3. The molecule has 1 heterocycles. The zero-order chi connectivity index (χ0) is 44.5. The molecule has 1 fully saturated rings. The van der Waals surface area contributed by atoms with Gasteiger partial charge in [0.05, 0.1) is 25.9 Å². The molecule has 0 spiro atoms. The van der Waals surface area contributed by atoms with Crippen molar-refractivity contribution in [1.29, 1.82) is 0 Å². The van der Waals surface area contributed by atoms with Crippen molar-refractivity contribution in [2.24, 2.45) is 5.73 Å². The largest absolute Gasteiger partial charge is 0.475 e. The van der Waals surface area contributed by atoms with Crippen molar-refractivity contribution in [3.63, 3.8) is 0 Å². The lowest BCUT2D eigenvalue weighted by Crippen LogP contribution is -2.67. The van der Waals surface area contributed by atoms with Crippen molar-refractivity contribution in [1.82, 2.24) is 5.32 Å². The van der Waals surface area contributed by atoms with E-state index in [4.69, 9.17) is 77.8 Å². The number of hydrogen-bond donors (Lipinski definition) is 2. The molecular weight excluding hydrogens is 854 g/mol. The predicted octanol–water partition coefficient (Wildman–Crippen LogP) is 11.6. The van der Waals surface area contributed by atoms with Gasteiger partial charge in [0.1, 0.15) is 24.4 Å². The number of carbonyl (C=O) groups is 1. The van der Waals surface area contributed by atoms with Crippen LogP contribution in [0.2, 0.25) is 0 Å². The molecule has 3 N–H and O–H groups in total. The van der Waals surface area contributed by atoms with Crippen molar-refractivity contribution in [3.8, 4) is 0 Å². The van der Waals surface area contributed by atoms with E-state index < -0.39 is 48.5 Å². The Kier molecular flexibility index (Phi) is 34.2. The van der Waals surface area contributed by atoms with Gasteiger partial charge in [-0.05, 0) is 44.9 Å². The second kappa shape index (κ2) is 35.7. The van der Waals surface area contributed by atoms with Crippen LogP contribution >= 0.6 is 42.6 Å². The van der Waals surface area contributed by atoms with E-state index in [1.807, 2.05) is 0 Å². The molecule has 16 heteroatoms. The second-order valence-electron chi connectivity index (χ2n) is 15.4. The van der Waals surface area contributed by atoms with Crippen LogP contribution in [-0.2, 0) is 46.6 Å². The van der Waals surface area contributed by atoms with E-state index in [9.17, 15) is 9.36 Å². The molecule has 7 atom stereocenters. The minimum atomic E-state index is -4.31. The molecule has 0 aliphatic carbocycles. The molecule has 12 nitrogen and oxygen atoms in total. The number of methoxy groups -OCH3 is 2. The molecule has 1 saturated heterocycles. The van der Waals surface area contributed by atoms with Crippen molar-refractivity contribution in [2.75, 3.05) is 40.6 Å². The first-order chi connectivity index (χ1) is 28.9. The van der Waals surface area contributed by atoms with Gasteiger partial charge in [-0.15, -0.1) is 13.2 Å². The molecule has 1 amide bonds. The molecule has 0 aromatic rings. The highest BCUT2D eigenvalue weighted by Crippen LogP contribution is 2.52. The van der Waals surface area contributed by atoms with Crippen molar-refractivity contribution in [2.45, 2.75) is 195 Å². The predicted molar refractivity (Wildman–Crippen MR) is 245 cm³/mol. The Morgan fingerprint density at radius 2 is 1.37 bits per heavy atom.